The molecule has 0 saturated carbocycles. The molecule has 0 aliphatic rings. The van der Waals surface area contributed by atoms with Gasteiger partial charge in [-0.15, -0.1) is 0 Å². The Morgan fingerprint density at radius 3 is 2.29 bits per heavy atom. The van der Waals surface area contributed by atoms with E-state index in [1.54, 1.807) is 0 Å². The first-order valence-electron chi connectivity index (χ1n) is 6.63. The minimum atomic E-state index is -0.135. The van der Waals surface area contributed by atoms with Gasteiger partial charge in [0.2, 0.25) is 5.91 Å². The number of esters is 1. The highest BCUT2D eigenvalue weighted by atomic mass is 16.5. The average Bonchev–Trinajstić information content (AvgIpc) is 2.33. The Morgan fingerprint density at radius 2 is 1.65 bits per heavy atom. The molecule has 0 aromatic heterocycles. The summed E-state index contributed by atoms with van der Waals surface area (Å²) in [6, 6.07) is 0. The third-order valence-corrected chi connectivity index (χ3v) is 2.40. The molecule has 0 atom stereocenters. The maximum atomic E-state index is 11.2. The zero-order valence-corrected chi connectivity index (χ0v) is 11.1. The van der Waals surface area contributed by atoms with Crippen LogP contribution in [0, 0.1) is 0 Å². The summed E-state index contributed by atoms with van der Waals surface area (Å²) < 4.78 is 5.02. The smallest absolute Gasteiger partial charge is 0.305 e. The molecule has 4 nitrogen and oxygen atoms in total. The fraction of sp³-hybridized carbons (Fsp3) is 0.846. The van der Waals surface area contributed by atoms with E-state index in [0.29, 0.717) is 32.4 Å². The van der Waals surface area contributed by atoms with Gasteiger partial charge in [0.1, 0.15) is 0 Å². The van der Waals surface area contributed by atoms with Gasteiger partial charge in [-0.1, -0.05) is 26.7 Å². The number of unbranched alkanes of at least 4 members (excludes halogenated alkanes) is 2. The molecule has 0 unspecified atom stereocenters. The van der Waals surface area contributed by atoms with Gasteiger partial charge in [0.25, 0.3) is 0 Å². The number of carbonyl (C=O) groups is 2. The van der Waals surface area contributed by atoms with Crippen molar-refractivity contribution in [2.45, 2.75) is 58.8 Å². The van der Waals surface area contributed by atoms with Crippen molar-refractivity contribution in [2.24, 2.45) is 0 Å². The van der Waals surface area contributed by atoms with Crippen molar-refractivity contribution in [2.75, 3.05) is 13.2 Å². The number of amides is 1. The van der Waals surface area contributed by atoms with E-state index in [0.717, 1.165) is 25.7 Å². The molecule has 0 aromatic carbocycles. The van der Waals surface area contributed by atoms with E-state index in [1.165, 1.54) is 0 Å². The van der Waals surface area contributed by atoms with Crippen LogP contribution in [-0.2, 0) is 14.3 Å². The summed E-state index contributed by atoms with van der Waals surface area (Å²) in [6.07, 6.45) is 5.62. The van der Waals surface area contributed by atoms with Crippen LogP contribution in [0.25, 0.3) is 0 Å². The molecule has 1 N–H and O–H groups in total. The van der Waals surface area contributed by atoms with Gasteiger partial charge in [0.05, 0.1) is 6.61 Å². The van der Waals surface area contributed by atoms with Crippen LogP contribution in [0.2, 0.25) is 0 Å². The lowest BCUT2D eigenvalue weighted by Gasteiger charge is -2.06. The van der Waals surface area contributed by atoms with Crippen LogP contribution in [0.15, 0.2) is 0 Å². The second-order valence-corrected chi connectivity index (χ2v) is 4.13. The normalized spacial score (nSPS) is 10.0. The zero-order valence-electron chi connectivity index (χ0n) is 11.1. The van der Waals surface area contributed by atoms with Crippen LogP contribution in [0.4, 0.5) is 0 Å². The summed E-state index contributed by atoms with van der Waals surface area (Å²) in [5, 5.41) is 2.80. The van der Waals surface area contributed by atoms with Crippen LogP contribution in [-0.4, -0.2) is 25.0 Å². The van der Waals surface area contributed by atoms with Crippen LogP contribution in [0.5, 0.6) is 0 Å². The van der Waals surface area contributed by atoms with Crippen molar-refractivity contribution in [1.82, 2.24) is 5.32 Å². The fourth-order valence-corrected chi connectivity index (χ4v) is 1.30. The van der Waals surface area contributed by atoms with Gasteiger partial charge >= 0.3 is 5.97 Å². The SMILES string of the molecule is CCCCC(=O)NCCCOC(=O)CCCC. The van der Waals surface area contributed by atoms with Crippen molar-refractivity contribution < 1.29 is 14.3 Å². The molecular weight excluding hydrogens is 218 g/mol. The van der Waals surface area contributed by atoms with Crippen molar-refractivity contribution in [3.8, 4) is 0 Å². The lowest BCUT2D eigenvalue weighted by Crippen LogP contribution is -2.25. The van der Waals surface area contributed by atoms with E-state index >= 15 is 0 Å². The monoisotopic (exact) mass is 243 g/mol. The third-order valence-electron chi connectivity index (χ3n) is 2.40. The molecule has 0 radical (unpaired) electrons. The van der Waals surface area contributed by atoms with Gasteiger partial charge in [-0.05, 0) is 19.3 Å². The highest BCUT2D eigenvalue weighted by Gasteiger charge is 2.02. The first-order chi connectivity index (χ1) is 8.20. The summed E-state index contributed by atoms with van der Waals surface area (Å²) in [5.41, 5.74) is 0. The highest BCUT2D eigenvalue weighted by Crippen LogP contribution is 1.97. The molecule has 1 amide bonds. The van der Waals surface area contributed by atoms with Gasteiger partial charge in [0.15, 0.2) is 0 Å². The summed E-state index contributed by atoms with van der Waals surface area (Å²) in [6.45, 7) is 5.09. The second-order valence-electron chi connectivity index (χ2n) is 4.13. The summed E-state index contributed by atoms with van der Waals surface area (Å²) >= 11 is 0. The topological polar surface area (TPSA) is 55.4 Å². The Hall–Kier alpha value is -1.06. The standard InChI is InChI=1S/C13H25NO3/c1-3-5-8-12(15)14-10-7-11-17-13(16)9-6-4-2/h3-11H2,1-2H3,(H,14,15). The van der Waals surface area contributed by atoms with Crippen LogP contribution < -0.4 is 5.32 Å². The number of carbonyl (C=O) groups excluding carboxylic acids is 2. The van der Waals surface area contributed by atoms with Gasteiger partial charge in [-0.25, -0.2) is 0 Å². The molecule has 0 spiro atoms. The van der Waals surface area contributed by atoms with Crippen molar-refractivity contribution in [3.63, 3.8) is 0 Å². The zero-order chi connectivity index (χ0) is 12.9. The van der Waals surface area contributed by atoms with Gasteiger partial charge < -0.3 is 10.1 Å². The van der Waals surface area contributed by atoms with Gasteiger partial charge in [-0.3, -0.25) is 9.59 Å². The number of hydrogen-bond donors (Lipinski definition) is 1. The predicted molar refractivity (Wildman–Crippen MR) is 67.6 cm³/mol. The number of ether oxygens (including phenoxy) is 1. The molecule has 100 valence electrons. The van der Waals surface area contributed by atoms with Crippen LogP contribution >= 0.6 is 0 Å². The average molecular weight is 243 g/mol. The molecule has 4 heteroatoms. The van der Waals surface area contributed by atoms with E-state index in [-0.39, 0.29) is 11.9 Å². The van der Waals surface area contributed by atoms with E-state index in [2.05, 4.69) is 12.2 Å². The summed E-state index contributed by atoms with van der Waals surface area (Å²) in [4.78, 5) is 22.4. The molecule has 0 aliphatic heterocycles. The first-order valence-corrected chi connectivity index (χ1v) is 6.63. The van der Waals surface area contributed by atoms with Gasteiger partial charge in [0, 0.05) is 19.4 Å². The Balaban J connectivity index is 3.28. The van der Waals surface area contributed by atoms with E-state index in [1.807, 2.05) is 6.92 Å². The first kappa shape index (κ1) is 15.9. The Bertz CT molecular complexity index is 195. The van der Waals surface area contributed by atoms with E-state index in [9.17, 15) is 9.59 Å². The third kappa shape index (κ3) is 11.2. The quantitative estimate of drug-likeness (QED) is 0.473. The molecular formula is C13H25NO3. The lowest BCUT2D eigenvalue weighted by molar-refractivity contribution is -0.143. The van der Waals surface area contributed by atoms with Gasteiger partial charge in [-0.2, -0.15) is 0 Å². The molecule has 0 aromatic rings. The highest BCUT2D eigenvalue weighted by molar-refractivity contribution is 5.75. The number of hydrogen-bond acceptors (Lipinski definition) is 3. The predicted octanol–water partition coefficient (Wildman–Crippen LogP) is 2.42. The van der Waals surface area contributed by atoms with Crippen molar-refractivity contribution >= 4 is 11.9 Å². The maximum absolute atomic E-state index is 11.2. The van der Waals surface area contributed by atoms with Crippen molar-refractivity contribution in [1.29, 1.82) is 0 Å². The minimum absolute atomic E-state index is 0.0872. The Kier molecular flexibility index (Phi) is 10.7. The lowest BCUT2D eigenvalue weighted by atomic mass is 10.2. The number of rotatable bonds is 10. The van der Waals surface area contributed by atoms with Crippen molar-refractivity contribution in [3.05, 3.63) is 0 Å². The molecule has 0 aliphatic carbocycles. The van der Waals surface area contributed by atoms with E-state index in [4.69, 9.17) is 4.74 Å². The maximum Gasteiger partial charge on any atom is 0.305 e. The number of nitrogens with one attached hydrogen (secondary N) is 1. The molecule has 0 fully saturated rings. The van der Waals surface area contributed by atoms with E-state index < -0.39 is 0 Å². The van der Waals surface area contributed by atoms with Crippen LogP contribution in [0.1, 0.15) is 58.8 Å². The Labute approximate surface area is 104 Å². The Morgan fingerprint density at radius 1 is 1.00 bits per heavy atom. The molecule has 17 heavy (non-hydrogen) atoms. The second kappa shape index (κ2) is 11.4. The largest absolute Gasteiger partial charge is 0.466 e. The minimum Gasteiger partial charge on any atom is -0.466 e. The molecule has 0 rings (SSSR count). The molecule has 0 bridgehead atoms. The molecule has 0 saturated heterocycles. The van der Waals surface area contributed by atoms with Crippen LogP contribution in [0.3, 0.4) is 0 Å². The summed E-state index contributed by atoms with van der Waals surface area (Å²) in [7, 11) is 0. The fourth-order valence-electron chi connectivity index (χ4n) is 1.30. The summed E-state index contributed by atoms with van der Waals surface area (Å²) in [5.74, 6) is -0.0479. The molecule has 0 heterocycles.